The maximum absolute atomic E-state index is 14.0. The lowest BCUT2D eigenvalue weighted by atomic mass is 10.0. The van der Waals surface area contributed by atoms with E-state index in [2.05, 4.69) is 21.4 Å². The first kappa shape index (κ1) is 31.3. The highest BCUT2D eigenvalue weighted by Crippen LogP contribution is 2.40. The third-order valence-corrected chi connectivity index (χ3v) is 8.53. The number of piperazine rings is 1. The molecule has 1 aromatic carbocycles. The van der Waals surface area contributed by atoms with Crippen molar-refractivity contribution in [3.8, 4) is 0 Å². The number of nitrogens with one attached hydrogen (secondary N) is 1. The highest BCUT2D eigenvalue weighted by Gasteiger charge is 2.34. The van der Waals surface area contributed by atoms with Gasteiger partial charge in [-0.1, -0.05) is 51.2 Å². The summed E-state index contributed by atoms with van der Waals surface area (Å²) < 4.78 is 49.5. The van der Waals surface area contributed by atoms with Crippen LogP contribution in [0.25, 0.3) is 21.8 Å². The summed E-state index contributed by atoms with van der Waals surface area (Å²) in [6, 6.07) is 4.72. The smallest absolute Gasteiger partial charge is 0.417 e. The Morgan fingerprint density at radius 3 is 2.20 bits per heavy atom. The van der Waals surface area contributed by atoms with Crippen LogP contribution in [-0.2, 0) is 23.9 Å². The number of H-pyrrole nitrogens is 1. The second-order valence-electron chi connectivity index (χ2n) is 11.0. The molecule has 1 N–H and O–H groups in total. The number of benzene rings is 1. The number of hydrogen-bond acceptors (Lipinski definition) is 4. The minimum atomic E-state index is -4.48. The summed E-state index contributed by atoms with van der Waals surface area (Å²) in [4.78, 5) is 19.0. The summed E-state index contributed by atoms with van der Waals surface area (Å²) in [6.07, 6.45) is 4.14. The van der Waals surface area contributed by atoms with E-state index in [1.54, 1.807) is 11.0 Å². The highest BCUT2D eigenvalue weighted by atomic mass is 32.1. The van der Waals surface area contributed by atoms with Crippen LogP contribution in [0.15, 0.2) is 18.2 Å². The molecule has 10 heteroatoms. The number of alkyl halides is 3. The number of pyridine rings is 1. The van der Waals surface area contributed by atoms with Gasteiger partial charge in [-0.2, -0.15) is 13.2 Å². The number of hydrogen-bond donors (Lipinski definition) is 1. The molecular weight excluding hydrogens is 549 g/mol. The molecule has 0 atom stereocenters. The number of unbranched alkanes of at least 4 members (excludes halogenated alkanes) is 6. The van der Waals surface area contributed by atoms with Crippen LogP contribution >= 0.6 is 12.2 Å². The summed E-state index contributed by atoms with van der Waals surface area (Å²) in [5.74, 6) is 0. The van der Waals surface area contributed by atoms with Crippen LogP contribution < -0.4 is 0 Å². The van der Waals surface area contributed by atoms with Gasteiger partial charge in [0.25, 0.3) is 0 Å². The lowest BCUT2D eigenvalue weighted by Gasteiger charge is -2.34. The molecular formula is C31H43F3N4O2S. The molecule has 1 aliphatic rings. The van der Waals surface area contributed by atoms with Crippen LogP contribution in [-0.4, -0.2) is 64.8 Å². The Morgan fingerprint density at radius 1 is 0.951 bits per heavy atom. The van der Waals surface area contributed by atoms with Gasteiger partial charge in [0.1, 0.15) is 4.64 Å². The Hall–Kier alpha value is -2.59. The number of aromatic nitrogens is 2. The normalized spacial score (nSPS) is 14.8. The van der Waals surface area contributed by atoms with Crippen molar-refractivity contribution < 1.29 is 22.7 Å². The van der Waals surface area contributed by atoms with E-state index in [1.165, 1.54) is 25.7 Å². The summed E-state index contributed by atoms with van der Waals surface area (Å²) >= 11 is 5.09. The molecule has 1 aliphatic heterocycles. The molecule has 226 valence electrons. The van der Waals surface area contributed by atoms with Gasteiger partial charge in [-0.15, -0.1) is 0 Å². The van der Waals surface area contributed by atoms with Crippen molar-refractivity contribution in [3.63, 3.8) is 0 Å². The standard InChI is InChI=1S/C31H43F3N4O2S/c1-4-25-22(3)28-26(14-13-24-29(28)23(31(32,33)34)21-27(41)35-24)38(25)16-12-10-8-6-7-9-11-15-36-17-19-37(20-18-36)30(39)40-5-2/h13-14,21H,4-12,15-20H2,1-3H3,(H,35,41). The SMILES string of the molecule is CCOC(=O)N1CCN(CCCCCCCCCn2c(CC)c(C)c3c4c(C(F)(F)F)cc(=S)[nH]c4ccc32)CC1. The zero-order chi connectivity index (χ0) is 29.6. The van der Waals surface area contributed by atoms with Gasteiger partial charge >= 0.3 is 12.3 Å². The molecule has 0 radical (unpaired) electrons. The Labute approximate surface area is 245 Å². The number of carbonyl (C=O) groups is 1. The van der Waals surface area contributed by atoms with Crippen molar-refractivity contribution >= 4 is 40.1 Å². The van der Waals surface area contributed by atoms with Crippen molar-refractivity contribution in [2.24, 2.45) is 0 Å². The minimum absolute atomic E-state index is 0.0887. The first-order valence-electron chi connectivity index (χ1n) is 15.0. The molecule has 0 bridgehead atoms. The van der Waals surface area contributed by atoms with Crippen LogP contribution in [0.1, 0.15) is 75.6 Å². The molecule has 6 nitrogen and oxygen atoms in total. The van der Waals surface area contributed by atoms with Crippen LogP contribution in [0.4, 0.5) is 18.0 Å². The van der Waals surface area contributed by atoms with Crippen molar-refractivity contribution in [2.75, 3.05) is 39.3 Å². The van der Waals surface area contributed by atoms with Gasteiger partial charge in [-0.05, 0) is 63.4 Å². The topological polar surface area (TPSA) is 53.5 Å². The van der Waals surface area contributed by atoms with E-state index in [0.717, 1.165) is 87.8 Å². The zero-order valence-corrected chi connectivity index (χ0v) is 25.4. The molecule has 1 fully saturated rings. The monoisotopic (exact) mass is 592 g/mol. The van der Waals surface area contributed by atoms with E-state index in [0.29, 0.717) is 17.5 Å². The molecule has 0 spiro atoms. The number of amides is 1. The second kappa shape index (κ2) is 14.1. The van der Waals surface area contributed by atoms with Crippen LogP contribution in [0.2, 0.25) is 0 Å². The predicted octanol–water partition coefficient (Wildman–Crippen LogP) is 8.25. The van der Waals surface area contributed by atoms with Gasteiger partial charge in [0.05, 0.1) is 12.2 Å². The number of carbonyl (C=O) groups excluding carboxylic acids is 1. The number of halogens is 3. The van der Waals surface area contributed by atoms with E-state index >= 15 is 0 Å². The molecule has 0 aliphatic carbocycles. The molecule has 1 amide bonds. The molecule has 0 saturated carbocycles. The number of rotatable bonds is 12. The number of aryl methyl sites for hydroxylation is 2. The summed E-state index contributed by atoms with van der Waals surface area (Å²) in [5, 5.41) is 0.899. The van der Waals surface area contributed by atoms with Crippen LogP contribution in [0, 0.1) is 11.6 Å². The molecule has 0 unspecified atom stereocenters. The van der Waals surface area contributed by atoms with Gasteiger partial charge in [0, 0.05) is 60.2 Å². The lowest BCUT2D eigenvalue weighted by Crippen LogP contribution is -2.49. The highest BCUT2D eigenvalue weighted by molar-refractivity contribution is 7.71. The lowest BCUT2D eigenvalue weighted by molar-refractivity contribution is -0.136. The summed E-state index contributed by atoms with van der Waals surface area (Å²) in [7, 11) is 0. The number of fused-ring (bicyclic) bond motifs is 3. The summed E-state index contributed by atoms with van der Waals surface area (Å²) in [6.45, 7) is 11.4. The third-order valence-electron chi connectivity index (χ3n) is 8.31. The third kappa shape index (κ3) is 7.44. The number of aromatic amines is 1. The van der Waals surface area contributed by atoms with Gasteiger partial charge in [0.15, 0.2) is 0 Å². The van der Waals surface area contributed by atoms with E-state index in [9.17, 15) is 18.0 Å². The van der Waals surface area contributed by atoms with E-state index < -0.39 is 11.7 Å². The maximum atomic E-state index is 14.0. The van der Waals surface area contributed by atoms with E-state index in [1.807, 2.05) is 19.9 Å². The molecule has 3 heterocycles. The molecule has 2 aromatic heterocycles. The van der Waals surface area contributed by atoms with Gasteiger partial charge in [-0.3, -0.25) is 4.90 Å². The molecule has 4 rings (SSSR count). The van der Waals surface area contributed by atoms with Crippen molar-refractivity contribution in [3.05, 3.63) is 39.7 Å². The number of ether oxygens (including phenoxy) is 1. The quantitative estimate of drug-likeness (QED) is 0.170. The van der Waals surface area contributed by atoms with E-state index in [4.69, 9.17) is 17.0 Å². The second-order valence-corrected chi connectivity index (χ2v) is 11.4. The fourth-order valence-corrected chi connectivity index (χ4v) is 6.47. The average Bonchev–Trinajstić information content (AvgIpc) is 3.21. The van der Waals surface area contributed by atoms with E-state index in [-0.39, 0.29) is 16.1 Å². The van der Waals surface area contributed by atoms with Gasteiger partial charge in [-0.25, -0.2) is 4.79 Å². The fraction of sp³-hybridized carbons (Fsp3) is 0.613. The Kier molecular flexibility index (Phi) is 10.7. The average molecular weight is 593 g/mol. The van der Waals surface area contributed by atoms with Crippen LogP contribution in [0.5, 0.6) is 0 Å². The first-order valence-corrected chi connectivity index (χ1v) is 15.5. The Bertz CT molecular complexity index is 1390. The molecule has 1 saturated heterocycles. The Morgan fingerprint density at radius 2 is 1.59 bits per heavy atom. The molecule has 41 heavy (non-hydrogen) atoms. The summed E-state index contributed by atoms with van der Waals surface area (Å²) in [5.41, 5.74) is 2.66. The minimum Gasteiger partial charge on any atom is -0.450 e. The van der Waals surface area contributed by atoms with Crippen molar-refractivity contribution in [1.82, 2.24) is 19.4 Å². The van der Waals surface area contributed by atoms with Crippen LogP contribution in [0.3, 0.4) is 0 Å². The number of nitrogens with zero attached hydrogens (tertiary/aromatic N) is 3. The van der Waals surface area contributed by atoms with Gasteiger partial charge < -0.3 is 19.2 Å². The molecule has 3 aromatic rings. The Balaban J connectivity index is 1.26. The van der Waals surface area contributed by atoms with Crippen molar-refractivity contribution in [2.45, 2.75) is 84.9 Å². The predicted molar refractivity (Wildman–Crippen MR) is 161 cm³/mol. The van der Waals surface area contributed by atoms with Gasteiger partial charge in [0.2, 0.25) is 0 Å². The van der Waals surface area contributed by atoms with Crippen molar-refractivity contribution in [1.29, 1.82) is 0 Å². The maximum Gasteiger partial charge on any atom is 0.417 e. The first-order chi connectivity index (χ1) is 19.7. The zero-order valence-electron chi connectivity index (χ0n) is 24.5. The fourth-order valence-electron chi connectivity index (χ4n) is 6.24. The largest absolute Gasteiger partial charge is 0.450 e.